The molecule has 0 radical (unpaired) electrons. The van der Waals surface area contributed by atoms with E-state index in [-0.39, 0.29) is 37.6 Å². The van der Waals surface area contributed by atoms with Crippen LogP contribution >= 0.6 is 11.3 Å². The Balaban J connectivity index is 1.76. The molecule has 5 heterocycles. The van der Waals surface area contributed by atoms with Gasteiger partial charge in [0.25, 0.3) is 11.8 Å². The third-order valence-electron chi connectivity index (χ3n) is 6.00. The molecule has 0 fully saturated rings. The van der Waals surface area contributed by atoms with Crippen LogP contribution in [0.15, 0.2) is 24.5 Å². The first kappa shape index (κ1) is 25.3. The molecule has 10 nitrogen and oxygen atoms in total. The number of aryl methyl sites for hydroxylation is 4. The van der Waals surface area contributed by atoms with E-state index < -0.39 is 23.7 Å². The maximum absolute atomic E-state index is 13.8. The van der Waals surface area contributed by atoms with Crippen molar-refractivity contribution in [1.82, 2.24) is 29.4 Å². The normalized spacial score (nSPS) is 12.0. The third-order valence-corrected chi connectivity index (χ3v) is 7.10. The highest BCUT2D eigenvalue weighted by Gasteiger charge is 2.35. The largest absolute Gasteiger partial charge is 0.433 e. The van der Waals surface area contributed by atoms with Gasteiger partial charge in [-0.15, -0.1) is 11.3 Å². The first-order chi connectivity index (χ1) is 17.9. The van der Waals surface area contributed by atoms with Crippen molar-refractivity contribution in [2.24, 2.45) is 5.73 Å². The van der Waals surface area contributed by atoms with Gasteiger partial charge in [-0.3, -0.25) is 14.3 Å². The van der Waals surface area contributed by atoms with Crippen LogP contribution in [-0.4, -0.2) is 41.2 Å². The maximum Gasteiger partial charge on any atom is 0.433 e. The molecule has 0 aliphatic rings. The third kappa shape index (κ3) is 4.16. The van der Waals surface area contributed by atoms with Gasteiger partial charge >= 0.3 is 6.18 Å². The van der Waals surface area contributed by atoms with Crippen LogP contribution in [0.2, 0.25) is 0 Å². The maximum atomic E-state index is 13.8. The molecule has 0 saturated carbocycles. The van der Waals surface area contributed by atoms with Crippen LogP contribution in [0.3, 0.4) is 0 Å². The van der Waals surface area contributed by atoms with Gasteiger partial charge < -0.3 is 11.1 Å². The molecule has 38 heavy (non-hydrogen) atoms. The smallest absolute Gasteiger partial charge is 0.365 e. The van der Waals surface area contributed by atoms with E-state index in [1.165, 1.54) is 10.7 Å². The van der Waals surface area contributed by atoms with Gasteiger partial charge in [-0.2, -0.15) is 23.4 Å². The second-order valence-corrected chi connectivity index (χ2v) is 9.67. The Morgan fingerprint density at radius 2 is 1.87 bits per heavy atom. The molecule has 14 heteroatoms. The number of nitrogens with one attached hydrogen (secondary N) is 1. The number of rotatable bonds is 5. The van der Waals surface area contributed by atoms with Crippen LogP contribution in [0.5, 0.6) is 0 Å². The second-order valence-electron chi connectivity index (χ2n) is 8.67. The summed E-state index contributed by atoms with van der Waals surface area (Å²) in [6, 6.07) is 2.69. The fourth-order valence-corrected chi connectivity index (χ4v) is 5.31. The molecule has 2 amide bonds. The van der Waals surface area contributed by atoms with E-state index in [0.717, 1.165) is 11.8 Å². The zero-order chi connectivity index (χ0) is 27.5. The minimum Gasteiger partial charge on any atom is -0.365 e. The summed E-state index contributed by atoms with van der Waals surface area (Å²) in [6.45, 7) is 7.57. The summed E-state index contributed by atoms with van der Waals surface area (Å²) in [5, 5.41) is 11.4. The number of carbonyl (C=O) groups is 2. The summed E-state index contributed by atoms with van der Waals surface area (Å²) in [7, 11) is 0. The fraction of sp³-hybridized carbons (Fsp3) is 0.250. The number of fused-ring (bicyclic) bond motifs is 2. The van der Waals surface area contributed by atoms with Crippen molar-refractivity contribution in [1.29, 1.82) is 0 Å². The Labute approximate surface area is 217 Å². The first-order valence-corrected chi connectivity index (χ1v) is 12.2. The SMILES string of the molecule is CCn1cc(-c2cc(C(F)(F)F)nc3sc(C(N)=O)c(NC(=O)c4cnn5c(C)cc(C)nc45)c23)c(C)n1. The predicted octanol–water partition coefficient (Wildman–Crippen LogP) is 4.52. The highest BCUT2D eigenvalue weighted by Crippen LogP contribution is 2.44. The number of pyridine rings is 1. The number of hydrogen-bond donors (Lipinski definition) is 2. The number of carbonyl (C=O) groups excluding carboxylic acids is 2. The van der Waals surface area contributed by atoms with Crippen LogP contribution < -0.4 is 11.1 Å². The second kappa shape index (κ2) is 8.90. The van der Waals surface area contributed by atoms with E-state index in [1.54, 1.807) is 30.8 Å². The number of anilines is 1. The number of halogens is 3. The molecule has 5 aromatic heterocycles. The van der Waals surface area contributed by atoms with Crippen LogP contribution in [0.4, 0.5) is 18.9 Å². The molecule has 3 N–H and O–H groups in total. The molecule has 196 valence electrons. The van der Waals surface area contributed by atoms with Gasteiger partial charge in [-0.1, -0.05) is 0 Å². The monoisotopic (exact) mass is 542 g/mol. The molecule has 0 unspecified atom stereocenters. The summed E-state index contributed by atoms with van der Waals surface area (Å²) >= 11 is 0.673. The Kier molecular flexibility index (Phi) is 5.93. The molecule has 0 bridgehead atoms. The minimum absolute atomic E-state index is 0.0360. The van der Waals surface area contributed by atoms with Gasteiger partial charge in [0.15, 0.2) is 5.65 Å². The molecular weight excluding hydrogens is 521 g/mol. The number of thiophene rings is 1. The van der Waals surface area contributed by atoms with E-state index in [4.69, 9.17) is 5.73 Å². The van der Waals surface area contributed by atoms with Crippen LogP contribution in [0, 0.1) is 20.8 Å². The zero-order valence-corrected chi connectivity index (χ0v) is 21.5. The lowest BCUT2D eigenvalue weighted by atomic mass is 10.0. The molecule has 0 aliphatic carbocycles. The van der Waals surface area contributed by atoms with Crippen LogP contribution in [0.1, 0.15) is 49.7 Å². The lowest BCUT2D eigenvalue weighted by Crippen LogP contribution is -2.17. The van der Waals surface area contributed by atoms with Gasteiger partial charge in [0, 0.05) is 35.1 Å². The van der Waals surface area contributed by atoms with Crippen molar-refractivity contribution in [2.45, 2.75) is 40.4 Å². The van der Waals surface area contributed by atoms with Gasteiger partial charge in [-0.05, 0) is 45.4 Å². The molecule has 0 aromatic carbocycles. The van der Waals surface area contributed by atoms with Crippen LogP contribution in [0.25, 0.3) is 27.0 Å². The van der Waals surface area contributed by atoms with E-state index in [2.05, 4.69) is 25.5 Å². The summed E-state index contributed by atoms with van der Waals surface area (Å²) in [5.41, 5.74) is 7.22. The first-order valence-electron chi connectivity index (χ1n) is 11.4. The topological polar surface area (TPSA) is 133 Å². The van der Waals surface area contributed by atoms with Crippen molar-refractivity contribution in [3.63, 3.8) is 0 Å². The average molecular weight is 543 g/mol. The Hall–Kier alpha value is -4.33. The number of aromatic nitrogens is 6. The van der Waals surface area contributed by atoms with Gasteiger partial charge in [-0.25, -0.2) is 14.5 Å². The van der Waals surface area contributed by atoms with Gasteiger partial charge in [0.2, 0.25) is 0 Å². The standard InChI is InChI=1S/C24H21F3N8O2S/c1-5-34-9-15(12(4)33-34)13-7-16(24(25,26)27)31-23-17(13)18(19(38-23)20(28)36)32-22(37)14-8-29-35-11(3)6-10(2)30-21(14)35/h6-9H,5H2,1-4H3,(H2,28,36)(H,32,37). The molecule has 0 spiro atoms. The van der Waals surface area contributed by atoms with Crippen LogP contribution in [-0.2, 0) is 12.7 Å². The van der Waals surface area contributed by atoms with E-state index in [1.807, 2.05) is 13.8 Å². The summed E-state index contributed by atoms with van der Waals surface area (Å²) in [4.78, 5) is 33.8. The molecule has 5 rings (SSSR count). The molecule has 0 atom stereocenters. The van der Waals surface area contributed by atoms with Crippen molar-refractivity contribution >= 4 is 44.7 Å². The van der Waals surface area contributed by atoms with E-state index >= 15 is 0 Å². The predicted molar refractivity (Wildman–Crippen MR) is 135 cm³/mol. The van der Waals surface area contributed by atoms with Crippen molar-refractivity contribution in [2.75, 3.05) is 5.32 Å². The number of amides is 2. The number of alkyl halides is 3. The van der Waals surface area contributed by atoms with Crippen molar-refractivity contribution < 1.29 is 22.8 Å². The van der Waals surface area contributed by atoms with Crippen molar-refractivity contribution in [3.05, 3.63) is 57.7 Å². The van der Waals surface area contributed by atoms with E-state index in [0.29, 0.717) is 34.8 Å². The van der Waals surface area contributed by atoms with Crippen molar-refractivity contribution in [3.8, 4) is 11.1 Å². The summed E-state index contributed by atoms with van der Waals surface area (Å²) in [5.74, 6) is -1.58. The number of hydrogen-bond acceptors (Lipinski definition) is 7. The van der Waals surface area contributed by atoms with Gasteiger partial charge in [0.05, 0.1) is 17.6 Å². The highest BCUT2D eigenvalue weighted by molar-refractivity contribution is 7.21. The van der Waals surface area contributed by atoms with E-state index in [9.17, 15) is 22.8 Å². The molecule has 0 aliphatic heterocycles. The Morgan fingerprint density at radius 3 is 2.50 bits per heavy atom. The number of nitrogens with two attached hydrogens (primary N) is 1. The summed E-state index contributed by atoms with van der Waals surface area (Å²) < 4.78 is 44.5. The minimum atomic E-state index is -4.75. The van der Waals surface area contributed by atoms with Gasteiger partial charge in [0.1, 0.15) is 21.0 Å². The average Bonchev–Trinajstić information content (AvgIpc) is 3.53. The Bertz CT molecular complexity index is 1770. The quantitative estimate of drug-likeness (QED) is 0.336. The number of nitrogens with zero attached hydrogens (tertiary/aromatic N) is 6. The molecular formula is C24H21F3N8O2S. The number of primary amides is 1. The lowest BCUT2D eigenvalue weighted by molar-refractivity contribution is -0.140. The summed E-state index contributed by atoms with van der Waals surface area (Å²) in [6.07, 6.45) is -1.81. The highest BCUT2D eigenvalue weighted by atomic mass is 32.1. The fourth-order valence-electron chi connectivity index (χ4n) is 4.30. The molecule has 0 saturated heterocycles. The Morgan fingerprint density at radius 1 is 1.13 bits per heavy atom. The zero-order valence-electron chi connectivity index (χ0n) is 20.6. The lowest BCUT2D eigenvalue weighted by Gasteiger charge is -2.12. The molecule has 5 aromatic rings.